The number of hydrogen-bond acceptors (Lipinski definition) is 4. The van der Waals surface area contributed by atoms with E-state index in [1.807, 2.05) is 0 Å². The van der Waals surface area contributed by atoms with E-state index in [0.717, 1.165) is 0 Å². The molecule has 0 spiro atoms. The van der Waals surface area contributed by atoms with Crippen LogP contribution in [-0.2, 0) is 4.79 Å². The molecule has 3 rings (SSSR count). The van der Waals surface area contributed by atoms with Gasteiger partial charge in [0.1, 0.15) is 5.75 Å². The van der Waals surface area contributed by atoms with Gasteiger partial charge in [0.25, 0.3) is 5.91 Å². The van der Waals surface area contributed by atoms with Crippen LogP contribution in [0.1, 0.15) is 24.3 Å². The van der Waals surface area contributed by atoms with E-state index >= 15 is 0 Å². The lowest BCUT2D eigenvalue weighted by molar-refractivity contribution is -0.143. The summed E-state index contributed by atoms with van der Waals surface area (Å²) in [6, 6.07) is 3.18. The molecule has 1 amide bonds. The molecule has 1 saturated heterocycles. The zero-order chi connectivity index (χ0) is 17.4. The van der Waals surface area contributed by atoms with Crippen LogP contribution in [0.5, 0.6) is 5.75 Å². The van der Waals surface area contributed by atoms with E-state index in [1.165, 1.54) is 11.0 Å². The molecule has 2 aliphatic rings. The van der Waals surface area contributed by atoms with Crippen molar-refractivity contribution in [1.29, 1.82) is 0 Å². The second-order valence-corrected chi connectivity index (χ2v) is 6.97. The van der Waals surface area contributed by atoms with E-state index in [4.69, 9.17) is 33.0 Å². The predicted octanol–water partition coefficient (Wildman–Crippen LogP) is 2.36. The smallest absolute Gasteiger partial charge is 0.253 e. The zero-order valence-corrected chi connectivity index (χ0v) is 14.3. The van der Waals surface area contributed by atoms with E-state index in [-0.39, 0.29) is 5.92 Å². The molecule has 0 saturated carbocycles. The summed E-state index contributed by atoms with van der Waals surface area (Å²) in [5.74, 6) is -0.537. The summed E-state index contributed by atoms with van der Waals surface area (Å²) < 4.78 is 19.7. The number of alkyl halides is 1. The van der Waals surface area contributed by atoms with Crippen LogP contribution in [0.3, 0.4) is 0 Å². The van der Waals surface area contributed by atoms with E-state index in [1.54, 1.807) is 6.07 Å². The number of carbonyl (C=O) groups is 1. The third-order valence-corrected chi connectivity index (χ3v) is 5.47. The van der Waals surface area contributed by atoms with Crippen LogP contribution in [0, 0.1) is 5.92 Å². The van der Waals surface area contributed by atoms with Gasteiger partial charge in [-0.15, -0.1) is 0 Å². The fourth-order valence-electron chi connectivity index (χ4n) is 3.48. The molecule has 2 N–H and O–H groups in total. The van der Waals surface area contributed by atoms with Gasteiger partial charge in [-0.2, -0.15) is 0 Å². The molecule has 8 heteroatoms. The van der Waals surface area contributed by atoms with Gasteiger partial charge >= 0.3 is 0 Å². The molecule has 5 nitrogen and oxygen atoms in total. The number of hydrogen-bond donors (Lipinski definition) is 2. The Bertz CT molecular complexity index is 637. The quantitative estimate of drug-likeness (QED) is 0.848. The Morgan fingerprint density at radius 2 is 1.96 bits per heavy atom. The van der Waals surface area contributed by atoms with Crippen molar-refractivity contribution in [3.8, 4) is 5.75 Å². The summed E-state index contributed by atoms with van der Waals surface area (Å²) in [4.78, 5) is 13.4. The molecule has 1 fully saturated rings. The number of likely N-dealkylation sites (tertiary alicyclic amines) is 1. The van der Waals surface area contributed by atoms with Crippen LogP contribution < -0.4 is 4.74 Å². The highest BCUT2D eigenvalue weighted by molar-refractivity contribution is 6.42. The second-order valence-electron chi connectivity index (χ2n) is 6.16. The summed E-state index contributed by atoms with van der Waals surface area (Å²) in [5.41, 5.74) is 0.706. The first-order chi connectivity index (χ1) is 11.4. The summed E-state index contributed by atoms with van der Waals surface area (Å²) in [7, 11) is 0. The lowest BCUT2D eigenvalue weighted by Gasteiger charge is -2.35. The minimum atomic E-state index is -1.47. The van der Waals surface area contributed by atoms with Crippen molar-refractivity contribution >= 4 is 29.1 Å². The van der Waals surface area contributed by atoms with Gasteiger partial charge in [-0.1, -0.05) is 23.2 Å². The number of aliphatic hydroxyl groups excluding tert-OH is 2. The SMILES string of the molecule is O=C(C(O)CO)N1CCC(C2c3cc(Cl)c(Cl)cc3OC2F)CC1. The molecule has 3 atom stereocenters. The highest BCUT2D eigenvalue weighted by Crippen LogP contribution is 2.48. The molecular weight excluding hydrogens is 360 g/mol. The maximum absolute atomic E-state index is 14.4. The van der Waals surface area contributed by atoms with Gasteiger partial charge in [0, 0.05) is 24.7 Å². The molecule has 2 aliphatic heterocycles. The maximum atomic E-state index is 14.4. The minimum absolute atomic E-state index is 0.00573. The number of amides is 1. The predicted molar refractivity (Wildman–Crippen MR) is 87.1 cm³/mol. The monoisotopic (exact) mass is 377 g/mol. The number of rotatable bonds is 3. The van der Waals surface area contributed by atoms with E-state index in [0.29, 0.717) is 47.3 Å². The van der Waals surface area contributed by atoms with Crippen LogP contribution in [0.2, 0.25) is 10.0 Å². The van der Waals surface area contributed by atoms with Crippen molar-refractivity contribution in [2.45, 2.75) is 31.2 Å². The number of piperidine rings is 1. The lowest BCUT2D eigenvalue weighted by atomic mass is 9.80. The molecule has 0 radical (unpaired) electrons. The molecule has 0 aromatic heterocycles. The van der Waals surface area contributed by atoms with E-state index in [2.05, 4.69) is 0 Å². The third kappa shape index (κ3) is 3.20. The lowest BCUT2D eigenvalue weighted by Crippen LogP contribution is -2.46. The Balaban J connectivity index is 1.72. The average Bonchev–Trinajstić information content (AvgIpc) is 2.89. The van der Waals surface area contributed by atoms with Gasteiger partial charge in [-0.05, 0) is 24.8 Å². The Hall–Kier alpha value is -1.08. The van der Waals surface area contributed by atoms with Gasteiger partial charge in [-0.25, -0.2) is 4.39 Å². The fourth-order valence-corrected chi connectivity index (χ4v) is 3.80. The molecule has 3 unspecified atom stereocenters. The van der Waals surface area contributed by atoms with Gasteiger partial charge < -0.3 is 19.8 Å². The molecule has 0 bridgehead atoms. The fraction of sp³-hybridized carbons (Fsp3) is 0.562. The number of nitrogens with zero attached hydrogens (tertiary/aromatic N) is 1. The number of halogens is 3. The van der Waals surface area contributed by atoms with E-state index < -0.39 is 30.9 Å². The number of fused-ring (bicyclic) bond motifs is 1. The standard InChI is InChI=1S/C16H18Cl2FNO4/c17-10-5-9-13(6-11(10)18)24-15(19)14(9)8-1-3-20(4-2-8)16(23)12(22)7-21/h5-6,8,12,14-15,21-22H,1-4,7H2. The summed E-state index contributed by atoms with van der Waals surface area (Å²) in [6.07, 6.45) is -1.70. The third-order valence-electron chi connectivity index (χ3n) is 4.75. The van der Waals surface area contributed by atoms with Crippen LogP contribution >= 0.6 is 23.2 Å². The Labute approximate surface area is 148 Å². The van der Waals surface area contributed by atoms with Crippen molar-refractivity contribution in [3.05, 3.63) is 27.7 Å². The molecule has 24 heavy (non-hydrogen) atoms. The largest absolute Gasteiger partial charge is 0.459 e. The van der Waals surface area contributed by atoms with Gasteiger partial charge in [0.05, 0.1) is 22.6 Å². The Kier molecular flexibility index (Phi) is 5.20. The number of ether oxygens (including phenoxy) is 1. The normalized spacial score (nSPS) is 25.3. The van der Waals surface area contributed by atoms with Crippen molar-refractivity contribution in [1.82, 2.24) is 4.90 Å². The summed E-state index contributed by atoms with van der Waals surface area (Å²) in [6.45, 7) is 0.204. The molecule has 132 valence electrons. The highest BCUT2D eigenvalue weighted by Gasteiger charge is 2.42. The number of benzene rings is 1. The van der Waals surface area contributed by atoms with Crippen LogP contribution in [-0.4, -0.2) is 53.2 Å². The second kappa shape index (κ2) is 7.04. The van der Waals surface area contributed by atoms with Crippen molar-refractivity contribution < 1.29 is 24.1 Å². The van der Waals surface area contributed by atoms with Crippen molar-refractivity contribution in [2.75, 3.05) is 19.7 Å². The highest BCUT2D eigenvalue weighted by atomic mass is 35.5. The summed E-state index contributed by atoms with van der Waals surface area (Å²) in [5, 5.41) is 19.0. The Morgan fingerprint density at radius 3 is 2.58 bits per heavy atom. The van der Waals surface area contributed by atoms with Crippen LogP contribution in [0.15, 0.2) is 12.1 Å². The molecule has 0 aliphatic carbocycles. The van der Waals surface area contributed by atoms with Crippen LogP contribution in [0.4, 0.5) is 4.39 Å². The molecule has 1 aromatic rings. The van der Waals surface area contributed by atoms with Gasteiger partial charge in [-0.3, -0.25) is 4.79 Å². The summed E-state index contributed by atoms with van der Waals surface area (Å²) >= 11 is 12.0. The number of aliphatic hydroxyl groups is 2. The first-order valence-electron chi connectivity index (χ1n) is 7.79. The average molecular weight is 378 g/mol. The number of carbonyl (C=O) groups excluding carboxylic acids is 1. The first kappa shape index (κ1) is 17.7. The van der Waals surface area contributed by atoms with Crippen molar-refractivity contribution in [2.24, 2.45) is 5.92 Å². The molecule has 1 aromatic carbocycles. The van der Waals surface area contributed by atoms with Crippen LogP contribution in [0.25, 0.3) is 0 Å². The zero-order valence-electron chi connectivity index (χ0n) is 12.8. The Morgan fingerprint density at radius 1 is 1.33 bits per heavy atom. The maximum Gasteiger partial charge on any atom is 0.253 e. The molecular formula is C16H18Cl2FNO4. The minimum Gasteiger partial charge on any atom is -0.459 e. The topological polar surface area (TPSA) is 70.0 Å². The molecule has 2 heterocycles. The van der Waals surface area contributed by atoms with Crippen molar-refractivity contribution in [3.63, 3.8) is 0 Å². The van der Waals surface area contributed by atoms with Gasteiger partial charge in [0.15, 0.2) is 6.10 Å². The van der Waals surface area contributed by atoms with Gasteiger partial charge in [0.2, 0.25) is 6.36 Å². The first-order valence-corrected chi connectivity index (χ1v) is 8.55. The van der Waals surface area contributed by atoms with E-state index in [9.17, 15) is 14.3 Å².